The molecule has 0 bridgehead atoms. The lowest BCUT2D eigenvalue weighted by molar-refractivity contribution is 0.220. The Balaban J connectivity index is 2.02. The zero-order valence-corrected chi connectivity index (χ0v) is 12.0. The topological polar surface area (TPSA) is 32.3 Å². The molecule has 0 amide bonds. The van der Waals surface area contributed by atoms with Crippen LogP contribution in [0.2, 0.25) is 0 Å². The SMILES string of the molecule is CCN1CCC(N(C)c2ncncc2Br)CC1. The van der Waals surface area contributed by atoms with Crippen molar-refractivity contribution in [2.45, 2.75) is 25.8 Å². The van der Waals surface area contributed by atoms with Crippen molar-refractivity contribution < 1.29 is 0 Å². The first-order valence-corrected chi connectivity index (χ1v) is 6.92. The van der Waals surface area contributed by atoms with E-state index in [4.69, 9.17) is 0 Å². The van der Waals surface area contributed by atoms with Crippen molar-refractivity contribution in [1.29, 1.82) is 0 Å². The van der Waals surface area contributed by atoms with E-state index in [0.29, 0.717) is 6.04 Å². The highest BCUT2D eigenvalue weighted by Crippen LogP contribution is 2.26. The normalized spacial score (nSPS) is 18.3. The average Bonchev–Trinajstić information content (AvgIpc) is 2.39. The lowest BCUT2D eigenvalue weighted by atomic mass is 10.0. The minimum absolute atomic E-state index is 0.587. The van der Waals surface area contributed by atoms with Crippen molar-refractivity contribution in [3.8, 4) is 0 Å². The van der Waals surface area contributed by atoms with E-state index in [1.165, 1.54) is 25.9 Å². The first-order valence-electron chi connectivity index (χ1n) is 6.13. The van der Waals surface area contributed by atoms with Crippen molar-refractivity contribution in [3.05, 3.63) is 17.0 Å². The summed E-state index contributed by atoms with van der Waals surface area (Å²) in [6.45, 7) is 5.76. The highest BCUT2D eigenvalue weighted by Gasteiger charge is 2.23. The Morgan fingerprint density at radius 2 is 2.18 bits per heavy atom. The summed E-state index contributed by atoms with van der Waals surface area (Å²) in [7, 11) is 2.12. The number of nitrogens with zero attached hydrogens (tertiary/aromatic N) is 4. The smallest absolute Gasteiger partial charge is 0.146 e. The molecule has 1 aromatic rings. The number of likely N-dealkylation sites (tertiary alicyclic amines) is 1. The van der Waals surface area contributed by atoms with Gasteiger partial charge >= 0.3 is 0 Å². The third-order valence-electron chi connectivity index (χ3n) is 3.53. The van der Waals surface area contributed by atoms with E-state index in [-0.39, 0.29) is 0 Å². The minimum Gasteiger partial charge on any atom is -0.356 e. The van der Waals surface area contributed by atoms with E-state index < -0.39 is 0 Å². The Hall–Kier alpha value is -0.680. The van der Waals surface area contributed by atoms with E-state index >= 15 is 0 Å². The van der Waals surface area contributed by atoms with Gasteiger partial charge in [0.15, 0.2) is 0 Å². The van der Waals surface area contributed by atoms with Crippen LogP contribution in [0.25, 0.3) is 0 Å². The van der Waals surface area contributed by atoms with E-state index in [1.54, 1.807) is 12.5 Å². The predicted octanol–water partition coefficient (Wildman–Crippen LogP) is 2.16. The van der Waals surface area contributed by atoms with Gasteiger partial charge in [0.2, 0.25) is 0 Å². The van der Waals surface area contributed by atoms with Gasteiger partial charge in [0, 0.05) is 32.4 Å². The van der Waals surface area contributed by atoms with Crippen molar-refractivity contribution in [2.75, 3.05) is 31.6 Å². The maximum atomic E-state index is 4.35. The zero-order valence-electron chi connectivity index (χ0n) is 10.4. The van der Waals surface area contributed by atoms with E-state index in [0.717, 1.165) is 16.8 Å². The lowest BCUT2D eigenvalue weighted by Crippen LogP contribution is -2.43. The highest BCUT2D eigenvalue weighted by molar-refractivity contribution is 9.10. The Kier molecular flexibility index (Phi) is 4.34. The van der Waals surface area contributed by atoms with E-state index in [9.17, 15) is 0 Å². The van der Waals surface area contributed by atoms with Crippen LogP contribution in [0.3, 0.4) is 0 Å². The summed E-state index contributed by atoms with van der Waals surface area (Å²) in [5, 5.41) is 0. The molecule has 0 unspecified atom stereocenters. The van der Waals surface area contributed by atoms with Crippen LogP contribution in [0, 0.1) is 0 Å². The molecule has 0 N–H and O–H groups in total. The molecular formula is C12H19BrN4. The molecular weight excluding hydrogens is 280 g/mol. The fourth-order valence-electron chi connectivity index (χ4n) is 2.36. The largest absolute Gasteiger partial charge is 0.356 e. The number of anilines is 1. The molecule has 1 aliphatic heterocycles. The summed E-state index contributed by atoms with van der Waals surface area (Å²) in [4.78, 5) is 13.1. The van der Waals surface area contributed by atoms with Crippen LogP contribution in [-0.4, -0.2) is 47.6 Å². The molecule has 0 spiro atoms. The number of hydrogen-bond acceptors (Lipinski definition) is 4. The van der Waals surface area contributed by atoms with Gasteiger partial charge in [-0.1, -0.05) is 6.92 Å². The summed E-state index contributed by atoms with van der Waals surface area (Å²) >= 11 is 3.51. The van der Waals surface area contributed by atoms with Gasteiger partial charge in [-0.05, 0) is 35.3 Å². The number of aromatic nitrogens is 2. The first kappa shape index (κ1) is 12.8. The van der Waals surface area contributed by atoms with Gasteiger partial charge in [0.1, 0.15) is 12.1 Å². The average molecular weight is 299 g/mol. The molecule has 0 aromatic carbocycles. The highest BCUT2D eigenvalue weighted by atomic mass is 79.9. The number of hydrogen-bond donors (Lipinski definition) is 0. The molecule has 0 aliphatic carbocycles. The van der Waals surface area contributed by atoms with Crippen molar-refractivity contribution in [2.24, 2.45) is 0 Å². The van der Waals surface area contributed by atoms with Gasteiger partial charge in [0.25, 0.3) is 0 Å². The molecule has 0 atom stereocenters. The fourth-order valence-corrected chi connectivity index (χ4v) is 2.86. The van der Waals surface area contributed by atoms with Crippen LogP contribution < -0.4 is 4.90 Å². The third kappa shape index (κ3) is 2.96. The van der Waals surface area contributed by atoms with Crippen LogP contribution in [0.1, 0.15) is 19.8 Å². The summed E-state index contributed by atoms with van der Waals surface area (Å²) < 4.78 is 0.973. The predicted molar refractivity (Wildman–Crippen MR) is 73.3 cm³/mol. The van der Waals surface area contributed by atoms with Gasteiger partial charge in [-0.25, -0.2) is 9.97 Å². The monoisotopic (exact) mass is 298 g/mol. The first-order chi connectivity index (χ1) is 8.22. The van der Waals surface area contributed by atoms with Crippen molar-refractivity contribution >= 4 is 21.7 Å². The molecule has 1 aromatic heterocycles. The molecule has 94 valence electrons. The van der Waals surface area contributed by atoms with Gasteiger partial charge in [-0.2, -0.15) is 0 Å². The Morgan fingerprint density at radius 1 is 1.47 bits per heavy atom. The maximum Gasteiger partial charge on any atom is 0.146 e. The molecule has 0 saturated carbocycles. The van der Waals surface area contributed by atoms with Gasteiger partial charge < -0.3 is 9.80 Å². The standard InChI is InChI=1S/C12H19BrN4/c1-3-17-6-4-10(5-7-17)16(2)12-11(13)8-14-9-15-12/h8-10H,3-7H2,1-2H3. The Labute approximate surface area is 111 Å². The molecule has 4 nitrogen and oxygen atoms in total. The Morgan fingerprint density at radius 3 is 2.76 bits per heavy atom. The molecule has 1 saturated heterocycles. The van der Waals surface area contributed by atoms with Gasteiger partial charge in [0.05, 0.1) is 4.47 Å². The summed E-state index contributed by atoms with van der Waals surface area (Å²) in [5.74, 6) is 0.995. The molecule has 2 rings (SSSR count). The summed E-state index contributed by atoms with van der Waals surface area (Å²) in [6, 6.07) is 0.587. The number of piperidine rings is 1. The van der Waals surface area contributed by atoms with Gasteiger partial charge in [-0.3, -0.25) is 0 Å². The van der Waals surface area contributed by atoms with Crippen LogP contribution in [0.4, 0.5) is 5.82 Å². The quantitative estimate of drug-likeness (QED) is 0.856. The number of halogens is 1. The molecule has 2 heterocycles. The maximum absolute atomic E-state index is 4.35. The zero-order chi connectivity index (χ0) is 12.3. The van der Waals surface area contributed by atoms with E-state index in [1.807, 2.05) is 0 Å². The second kappa shape index (κ2) is 5.78. The molecule has 17 heavy (non-hydrogen) atoms. The Bertz CT molecular complexity index is 363. The van der Waals surface area contributed by atoms with E-state index in [2.05, 4.69) is 49.7 Å². The number of rotatable bonds is 3. The van der Waals surface area contributed by atoms with Crippen molar-refractivity contribution in [3.63, 3.8) is 0 Å². The second-order valence-corrected chi connectivity index (χ2v) is 5.32. The van der Waals surface area contributed by atoms with Crippen LogP contribution in [0.15, 0.2) is 17.0 Å². The van der Waals surface area contributed by atoms with Crippen LogP contribution in [-0.2, 0) is 0 Å². The fraction of sp³-hybridized carbons (Fsp3) is 0.667. The van der Waals surface area contributed by atoms with Crippen LogP contribution >= 0.6 is 15.9 Å². The minimum atomic E-state index is 0.587. The summed E-state index contributed by atoms with van der Waals surface area (Å²) in [6.07, 6.45) is 5.83. The third-order valence-corrected chi connectivity index (χ3v) is 4.09. The summed E-state index contributed by atoms with van der Waals surface area (Å²) in [5.41, 5.74) is 0. The molecule has 0 radical (unpaired) electrons. The van der Waals surface area contributed by atoms with Gasteiger partial charge in [-0.15, -0.1) is 0 Å². The molecule has 5 heteroatoms. The van der Waals surface area contributed by atoms with Crippen molar-refractivity contribution in [1.82, 2.24) is 14.9 Å². The lowest BCUT2D eigenvalue weighted by Gasteiger charge is -2.37. The molecule has 1 aliphatic rings. The second-order valence-electron chi connectivity index (χ2n) is 4.47. The van der Waals surface area contributed by atoms with Crippen LogP contribution in [0.5, 0.6) is 0 Å². The molecule has 1 fully saturated rings.